The summed E-state index contributed by atoms with van der Waals surface area (Å²) < 4.78 is 31.6. The van der Waals surface area contributed by atoms with Crippen LogP contribution < -0.4 is 29.6 Å². The first-order chi connectivity index (χ1) is 11.4. The van der Waals surface area contributed by atoms with Crippen LogP contribution in [-0.4, -0.2) is 29.2 Å². The molecule has 7 heteroatoms. The van der Waals surface area contributed by atoms with E-state index in [0.29, 0.717) is 6.61 Å². The van der Waals surface area contributed by atoms with E-state index >= 15 is 0 Å². The Labute approximate surface area is 179 Å². The van der Waals surface area contributed by atoms with Gasteiger partial charge in [0.15, 0.2) is 0 Å². The van der Waals surface area contributed by atoms with Gasteiger partial charge in [-0.3, -0.25) is 9.11 Å². The maximum atomic E-state index is 8.74. The smallest absolute Gasteiger partial charge is 1.00 e. The molecule has 0 aromatic carbocycles. The van der Waals surface area contributed by atoms with E-state index in [1.165, 1.54) is 96.3 Å². The quantitative estimate of drug-likeness (QED) is 0.213. The minimum atomic E-state index is -4.67. The molecule has 0 amide bonds. The van der Waals surface area contributed by atoms with E-state index in [9.17, 15) is 0 Å². The van der Waals surface area contributed by atoms with E-state index < -0.39 is 10.4 Å². The van der Waals surface area contributed by atoms with Crippen molar-refractivity contribution in [3.8, 4) is 0 Å². The van der Waals surface area contributed by atoms with Crippen molar-refractivity contribution < 1.29 is 53.6 Å². The maximum absolute atomic E-state index is 8.74. The predicted octanol–water partition coefficient (Wildman–Crippen LogP) is 2.70. The van der Waals surface area contributed by atoms with Crippen LogP contribution in [0.2, 0.25) is 0 Å². The predicted molar refractivity (Wildman–Crippen MR) is 102 cm³/mol. The van der Waals surface area contributed by atoms with Crippen LogP contribution in [0.5, 0.6) is 0 Å². The average molecular weight is 393 g/mol. The zero-order valence-electron chi connectivity index (χ0n) is 17.6. The van der Waals surface area contributed by atoms with Crippen LogP contribution in [0.15, 0.2) is 0 Å². The molecule has 0 saturated heterocycles. The van der Waals surface area contributed by atoms with Crippen LogP contribution in [0.1, 0.15) is 111 Å². The molecule has 3 N–H and O–H groups in total. The molecule has 0 heterocycles. The Morgan fingerprint density at radius 2 is 0.800 bits per heavy atom. The molecule has 0 fully saturated rings. The van der Waals surface area contributed by atoms with Crippen LogP contribution in [0.4, 0.5) is 0 Å². The fourth-order valence-electron chi connectivity index (χ4n) is 2.66. The molecule has 0 radical (unpaired) electrons. The van der Waals surface area contributed by atoms with Gasteiger partial charge in [0, 0.05) is 6.61 Å². The van der Waals surface area contributed by atoms with Gasteiger partial charge in [-0.15, -0.1) is 0 Å². The summed E-state index contributed by atoms with van der Waals surface area (Å²) in [5.74, 6) is 0. The van der Waals surface area contributed by atoms with Crippen molar-refractivity contribution in [2.24, 2.45) is 0 Å². The SMILES string of the molecule is CCCCCCCCCCCCCCCCCCO.O=S(=O)(O)O.[H-].[Na+]. The fourth-order valence-corrected chi connectivity index (χ4v) is 2.66. The van der Waals surface area contributed by atoms with Crippen LogP contribution in [0.25, 0.3) is 0 Å². The minimum absolute atomic E-state index is 0. The van der Waals surface area contributed by atoms with Gasteiger partial charge in [-0.2, -0.15) is 8.42 Å². The molecule has 0 atom stereocenters. The summed E-state index contributed by atoms with van der Waals surface area (Å²) in [7, 11) is -4.67. The summed E-state index contributed by atoms with van der Waals surface area (Å²) >= 11 is 0. The van der Waals surface area contributed by atoms with Gasteiger partial charge < -0.3 is 6.53 Å². The molecule has 0 rings (SSSR count). The third-order valence-electron chi connectivity index (χ3n) is 4.01. The molecule has 0 spiro atoms. The second-order valence-electron chi connectivity index (χ2n) is 6.47. The number of rotatable bonds is 16. The number of aliphatic hydroxyl groups excluding tert-OH is 1. The van der Waals surface area contributed by atoms with Crippen molar-refractivity contribution in [3.05, 3.63) is 0 Å². The Hall–Kier alpha value is 0.830. The van der Waals surface area contributed by atoms with Crippen molar-refractivity contribution in [1.82, 2.24) is 0 Å². The van der Waals surface area contributed by atoms with E-state index in [1.807, 2.05) is 0 Å². The zero-order chi connectivity index (χ0) is 18.5. The molecule has 5 nitrogen and oxygen atoms in total. The van der Waals surface area contributed by atoms with Crippen LogP contribution in [-0.2, 0) is 10.4 Å². The van der Waals surface area contributed by atoms with Gasteiger partial charge in [0.25, 0.3) is 0 Å². The second-order valence-corrected chi connectivity index (χ2v) is 7.37. The van der Waals surface area contributed by atoms with Crippen molar-refractivity contribution in [2.45, 2.75) is 110 Å². The van der Waals surface area contributed by atoms with Crippen molar-refractivity contribution in [2.75, 3.05) is 6.61 Å². The molecule has 0 bridgehead atoms. The molecular weight excluding hydrogens is 351 g/mol. The van der Waals surface area contributed by atoms with Gasteiger partial charge in [-0.1, -0.05) is 103 Å². The summed E-state index contributed by atoms with van der Waals surface area (Å²) in [4.78, 5) is 0. The molecule has 0 aromatic heterocycles. The van der Waals surface area contributed by atoms with Crippen LogP contribution in [0, 0.1) is 0 Å². The number of hydrogen-bond acceptors (Lipinski definition) is 3. The third kappa shape index (κ3) is 45.7. The summed E-state index contributed by atoms with van der Waals surface area (Å²) in [6, 6.07) is 0. The number of aliphatic hydroxyl groups is 1. The van der Waals surface area contributed by atoms with Crippen molar-refractivity contribution in [3.63, 3.8) is 0 Å². The monoisotopic (exact) mass is 392 g/mol. The molecule has 0 saturated carbocycles. The minimum Gasteiger partial charge on any atom is -1.00 e. The van der Waals surface area contributed by atoms with Gasteiger partial charge >= 0.3 is 40.0 Å². The van der Waals surface area contributed by atoms with Gasteiger partial charge in [0.2, 0.25) is 0 Å². The maximum Gasteiger partial charge on any atom is 1.00 e. The molecule has 0 unspecified atom stereocenters. The summed E-state index contributed by atoms with van der Waals surface area (Å²) in [5.41, 5.74) is 0. The standard InChI is InChI=1S/C18H38O.Na.H2O4S.H/c1-2-3-4-5-6-7-8-9-10-11-12-13-14-15-16-17-18-19;;1-5(2,3)4;/h19H,2-18H2,1H3;;(H2,1,2,3,4);/q;+1;;-1. The summed E-state index contributed by atoms with van der Waals surface area (Å²) in [6.07, 6.45) is 22.2. The number of unbranched alkanes of at least 4 members (excludes halogenated alkanes) is 15. The van der Waals surface area contributed by atoms with Gasteiger partial charge in [-0.05, 0) is 6.42 Å². The largest absolute Gasteiger partial charge is 1.00 e. The topological polar surface area (TPSA) is 94.8 Å². The first-order valence-corrected chi connectivity index (χ1v) is 11.1. The first-order valence-electron chi connectivity index (χ1n) is 9.72. The Morgan fingerprint density at radius 3 is 1.00 bits per heavy atom. The molecular formula is C18H41NaO5S. The van der Waals surface area contributed by atoms with Gasteiger partial charge in [-0.25, -0.2) is 0 Å². The Balaban J connectivity index is -0.000000304. The molecule has 0 aliphatic heterocycles. The summed E-state index contributed by atoms with van der Waals surface area (Å²) in [6.45, 7) is 2.66. The zero-order valence-corrected chi connectivity index (χ0v) is 19.4. The molecule has 0 aliphatic carbocycles. The average Bonchev–Trinajstić information content (AvgIpc) is 2.49. The summed E-state index contributed by atoms with van der Waals surface area (Å²) in [5, 5.41) is 8.67. The fraction of sp³-hybridized carbons (Fsp3) is 1.00. The Kier molecular flexibility index (Phi) is 30.3. The van der Waals surface area contributed by atoms with Crippen LogP contribution in [0.3, 0.4) is 0 Å². The van der Waals surface area contributed by atoms with Crippen molar-refractivity contribution >= 4 is 10.4 Å². The Morgan fingerprint density at radius 1 is 0.600 bits per heavy atom. The third-order valence-corrected chi connectivity index (χ3v) is 4.01. The van der Waals surface area contributed by atoms with Gasteiger partial charge in [0.1, 0.15) is 0 Å². The Bertz CT molecular complexity index is 306. The number of hydrogen-bond donors (Lipinski definition) is 3. The molecule has 0 aromatic rings. The van der Waals surface area contributed by atoms with Crippen LogP contribution >= 0.6 is 0 Å². The van der Waals surface area contributed by atoms with E-state index in [-0.39, 0.29) is 31.0 Å². The normalized spacial score (nSPS) is 10.7. The van der Waals surface area contributed by atoms with Gasteiger partial charge in [0.05, 0.1) is 0 Å². The van der Waals surface area contributed by atoms with E-state index in [0.717, 1.165) is 6.42 Å². The van der Waals surface area contributed by atoms with Crippen molar-refractivity contribution in [1.29, 1.82) is 0 Å². The van der Waals surface area contributed by atoms with E-state index in [1.54, 1.807) is 0 Å². The molecule has 25 heavy (non-hydrogen) atoms. The van der Waals surface area contributed by atoms with E-state index in [4.69, 9.17) is 22.6 Å². The molecule has 150 valence electrons. The second kappa shape index (κ2) is 24.8. The molecule has 0 aliphatic rings. The van der Waals surface area contributed by atoms with E-state index in [2.05, 4.69) is 6.92 Å². The first kappa shape index (κ1) is 30.6.